The van der Waals surface area contributed by atoms with Crippen LogP contribution in [0.15, 0.2) is 12.3 Å². The van der Waals surface area contributed by atoms with E-state index < -0.39 is 0 Å². The summed E-state index contributed by atoms with van der Waals surface area (Å²) in [7, 11) is 1.83. The van der Waals surface area contributed by atoms with Crippen LogP contribution >= 0.6 is 0 Å². The molecule has 1 aliphatic rings. The van der Waals surface area contributed by atoms with E-state index in [1.54, 1.807) is 6.20 Å². The summed E-state index contributed by atoms with van der Waals surface area (Å²) in [5.74, 6) is 1.42. The van der Waals surface area contributed by atoms with E-state index in [0.29, 0.717) is 5.95 Å². The van der Waals surface area contributed by atoms with Crippen molar-refractivity contribution in [2.75, 3.05) is 30.8 Å². The quantitative estimate of drug-likeness (QED) is 0.722. The Hall–Kier alpha value is -1.36. The van der Waals surface area contributed by atoms with Crippen LogP contribution in [0, 0.1) is 5.41 Å². The monoisotopic (exact) mass is 236 g/mol. The van der Waals surface area contributed by atoms with Crippen molar-refractivity contribution in [2.24, 2.45) is 5.41 Å². The Morgan fingerprint density at radius 1 is 1.41 bits per heavy atom. The molecule has 0 saturated heterocycles. The van der Waals surface area contributed by atoms with Crippen LogP contribution in [0.1, 0.15) is 25.7 Å². The molecule has 0 amide bonds. The van der Waals surface area contributed by atoms with Gasteiger partial charge < -0.3 is 15.7 Å². The van der Waals surface area contributed by atoms with Gasteiger partial charge in [0.2, 0.25) is 5.95 Å². The lowest BCUT2D eigenvalue weighted by Gasteiger charge is -2.26. The molecule has 94 valence electrons. The molecule has 1 heterocycles. The smallest absolute Gasteiger partial charge is 0.224 e. The third kappa shape index (κ3) is 2.85. The molecule has 1 aliphatic carbocycles. The zero-order valence-electron chi connectivity index (χ0n) is 10.2. The van der Waals surface area contributed by atoms with Gasteiger partial charge in [-0.3, -0.25) is 0 Å². The van der Waals surface area contributed by atoms with E-state index in [0.717, 1.165) is 25.2 Å². The molecule has 1 fully saturated rings. The highest BCUT2D eigenvalue weighted by atomic mass is 16.3. The molecule has 0 aliphatic heterocycles. The lowest BCUT2D eigenvalue weighted by Crippen LogP contribution is -2.31. The van der Waals surface area contributed by atoms with Crippen LogP contribution in [0.25, 0.3) is 0 Å². The lowest BCUT2D eigenvalue weighted by atomic mass is 9.87. The van der Waals surface area contributed by atoms with Gasteiger partial charge in [0, 0.05) is 25.2 Å². The van der Waals surface area contributed by atoms with E-state index in [4.69, 9.17) is 0 Å². The highest BCUT2D eigenvalue weighted by molar-refractivity contribution is 5.38. The first-order valence-corrected chi connectivity index (χ1v) is 6.14. The molecule has 17 heavy (non-hydrogen) atoms. The minimum Gasteiger partial charge on any atom is -0.396 e. The molecule has 0 radical (unpaired) electrons. The van der Waals surface area contributed by atoms with Crippen LogP contribution in [0.5, 0.6) is 0 Å². The van der Waals surface area contributed by atoms with E-state index in [2.05, 4.69) is 20.6 Å². The number of aromatic nitrogens is 2. The van der Waals surface area contributed by atoms with Crippen molar-refractivity contribution in [1.29, 1.82) is 0 Å². The van der Waals surface area contributed by atoms with Crippen LogP contribution in [-0.2, 0) is 0 Å². The maximum absolute atomic E-state index is 9.50. The minimum atomic E-state index is 0.0268. The summed E-state index contributed by atoms with van der Waals surface area (Å²) in [5, 5.41) is 15.7. The molecule has 2 rings (SSSR count). The molecule has 0 spiro atoms. The van der Waals surface area contributed by atoms with Gasteiger partial charge in [0.1, 0.15) is 5.82 Å². The van der Waals surface area contributed by atoms with E-state index in [-0.39, 0.29) is 12.0 Å². The molecule has 5 heteroatoms. The van der Waals surface area contributed by atoms with Gasteiger partial charge in [-0.05, 0) is 18.9 Å². The second-order valence-electron chi connectivity index (χ2n) is 4.73. The lowest BCUT2D eigenvalue weighted by molar-refractivity contribution is 0.142. The fourth-order valence-corrected chi connectivity index (χ4v) is 2.37. The van der Waals surface area contributed by atoms with Gasteiger partial charge >= 0.3 is 0 Å². The average Bonchev–Trinajstić information content (AvgIpc) is 2.86. The molecular formula is C12H20N4O. The summed E-state index contributed by atoms with van der Waals surface area (Å²) in [4.78, 5) is 8.47. The molecule has 1 aromatic rings. The molecule has 0 unspecified atom stereocenters. The zero-order valence-corrected chi connectivity index (χ0v) is 10.2. The topological polar surface area (TPSA) is 70.1 Å². The Balaban J connectivity index is 1.96. The largest absolute Gasteiger partial charge is 0.396 e. The van der Waals surface area contributed by atoms with Gasteiger partial charge in [-0.25, -0.2) is 4.98 Å². The standard InChI is InChI=1S/C12H20N4O/c1-13-10-4-7-14-11(16-10)15-8-12(9-17)5-2-3-6-12/h4,7,17H,2-3,5-6,8-9H2,1H3,(H2,13,14,15,16). The van der Waals surface area contributed by atoms with Gasteiger partial charge in [0.25, 0.3) is 0 Å². The van der Waals surface area contributed by atoms with Gasteiger partial charge in [0.15, 0.2) is 0 Å². The Morgan fingerprint density at radius 3 is 2.82 bits per heavy atom. The van der Waals surface area contributed by atoms with Crippen molar-refractivity contribution in [1.82, 2.24) is 9.97 Å². The summed E-state index contributed by atoms with van der Waals surface area (Å²) in [6, 6.07) is 1.82. The number of anilines is 2. The van der Waals surface area contributed by atoms with Crippen LogP contribution in [0.2, 0.25) is 0 Å². The van der Waals surface area contributed by atoms with Gasteiger partial charge in [-0.15, -0.1) is 0 Å². The zero-order chi connectivity index (χ0) is 12.1. The number of aliphatic hydroxyl groups excluding tert-OH is 1. The highest BCUT2D eigenvalue weighted by Crippen LogP contribution is 2.37. The summed E-state index contributed by atoms with van der Waals surface area (Å²) >= 11 is 0. The number of aliphatic hydroxyl groups is 1. The van der Waals surface area contributed by atoms with E-state index in [9.17, 15) is 5.11 Å². The maximum atomic E-state index is 9.50. The van der Waals surface area contributed by atoms with Crippen LogP contribution in [0.3, 0.4) is 0 Å². The molecule has 5 nitrogen and oxygen atoms in total. The fourth-order valence-electron chi connectivity index (χ4n) is 2.37. The molecule has 0 aromatic carbocycles. The highest BCUT2D eigenvalue weighted by Gasteiger charge is 2.33. The SMILES string of the molecule is CNc1ccnc(NCC2(CO)CCCC2)n1. The number of rotatable bonds is 5. The molecule has 0 atom stereocenters. The Bertz CT molecular complexity index is 363. The Labute approximate surface area is 102 Å². The molecule has 1 aromatic heterocycles. The van der Waals surface area contributed by atoms with Crippen molar-refractivity contribution in [3.05, 3.63) is 12.3 Å². The average molecular weight is 236 g/mol. The van der Waals surface area contributed by atoms with Crippen molar-refractivity contribution in [3.8, 4) is 0 Å². The van der Waals surface area contributed by atoms with Crippen LogP contribution < -0.4 is 10.6 Å². The summed E-state index contributed by atoms with van der Waals surface area (Å²) in [5.41, 5.74) is 0.0268. The number of nitrogens with one attached hydrogen (secondary N) is 2. The number of hydrogen-bond donors (Lipinski definition) is 3. The third-order valence-corrected chi connectivity index (χ3v) is 3.53. The number of nitrogens with zero attached hydrogens (tertiary/aromatic N) is 2. The van der Waals surface area contributed by atoms with Crippen molar-refractivity contribution in [3.63, 3.8) is 0 Å². The van der Waals surface area contributed by atoms with Crippen LogP contribution in [-0.4, -0.2) is 35.3 Å². The van der Waals surface area contributed by atoms with E-state index in [1.165, 1.54) is 12.8 Å². The first-order chi connectivity index (χ1) is 8.28. The van der Waals surface area contributed by atoms with Crippen molar-refractivity contribution >= 4 is 11.8 Å². The first-order valence-electron chi connectivity index (χ1n) is 6.14. The number of hydrogen-bond acceptors (Lipinski definition) is 5. The van der Waals surface area contributed by atoms with Gasteiger partial charge in [-0.1, -0.05) is 12.8 Å². The molecule has 3 N–H and O–H groups in total. The maximum Gasteiger partial charge on any atom is 0.224 e. The third-order valence-electron chi connectivity index (χ3n) is 3.53. The summed E-state index contributed by atoms with van der Waals surface area (Å²) < 4.78 is 0. The van der Waals surface area contributed by atoms with Gasteiger partial charge in [-0.2, -0.15) is 4.98 Å². The summed E-state index contributed by atoms with van der Waals surface area (Å²) in [6.07, 6.45) is 6.31. The molecular weight excluding hydrogens is 216 g/mol. The van der Waals surface area contributed by atoms with E-state index >= 15 is 0 Å². The molecule has 1 saturated carbocycles. The van der Waals surface area contributed by atoms with E-state index in [1.807, 2.05) is 13.1 Å². The predicted molar refractivity (Wildman–Crippen MR) is 68.1 cm³/mol. The second-order valence-corrected chi connectivity index (χ2v) is 4.73. The molecule has 0 bridgehead atoms. The predicted octanol–water partition coefficient (Wildman–Crippen LogP) is 1.48. The normalized spacial score (nSPS) is 18.0. The fraction of sp³-hybridized carbons (Fsp3) is 0.667. The Morgan fingerprint density at radius 2 is 2.18 bits per heavy atom. The second kappa shape index (κ2) is 5.31. The first kappa shape index (κ1) is 12.1. The van der Waals surface area contributed by atoms with Crippen molar-refractivity contribution < 1.29 is 5.11 Å². The van der Waals surface area contributed by atoms with Gasteiger partial charge in [0.05, 0.1) is 6.61 Å². The van der Waals surface area contributed by atoms with Crippen LogP contribution in [0.4, 0.5) is 11.8 Å². The minimum absolute atomic E-state index is 0.0268. The van der Waals surface area contributed by atoms with Crippen molar-refractivity contribution in [2.45, 2.75) is 25.7 Å². The summed E-state index contributed by atoms with van der Waals surface area (Å²) in [6.45, 7) is 0.988. The Kier molecular flexibility index (Phi) is 3.78.